The van der Waals surface area contributed by atoms with Gasteiger partial charge < -0.3 is 10.2 Å². The molecule has 0 aliphatic heterocycles. The summed E-state index contributed by atoms with van der Waals surface area (Å²) < 4.78 is 0. The third-order valence-electron chi connectivity index (χ3n) is 7.60. The van der Waals surface area contributed by atoms with E-state index in [1.165, 1.54) is 44.1 Å². The third-order valence-corrected chi connectivity index (χ3v) is 7.60. The molecule has 2 fully saturated rings. The van der Waals surface area contributed by atoms with E-state index in [1.54, 1.807) is 17.2 Å². The summed E-state index contributed by atoms with van der Waals surface area (Å²) in [5.41, 5.74) is 5.18. The highest BCUT2D eigenvalue weighted by Crippen LogP contribution is 2.64. The maximum absolute atomic E-state index is 9.40. The van der Waals surface area contributed by atoms with Crippen LogP contribution < -0.4 is 0 Å². The van der Waals surface area contributed by atoms with Crippen LogP contribution in [0.4, 0.5) is 0 Å². The Balaban J connectivity index is 1.73. The van der Waals surface area contributed by atoms with Gasteiger partial charge >= 0.3 is 0 Å². The molecule has 0 spiro atoms. The van der Waals surface area contributed by atoms with Crippen LogP contribution >= 0.6 is 0 Å². The summed E-state index contributed by atoms with van der Waals surface area (Å²) >= 11 is 0. The van der Waals surface area contributed by atoms with Gasteiger partial charge in [0, 0.05) is 5.41 Å². The highest BCUT2D eigenvalue weighted by atomic mass is 16.5. The predicted octanol–water partition coefficient (Wildman–Crippen LogP) is 4.50. The quantitative estimate of drug-likeness (QED) is 0.553. The maximum atomic E-state index is 9.40. The van der Waals surface area contributed by atoms with Crippen molar-refractivity contribution >= 4 is 0 Å². The summed E-state index contributed by atoms with van der Waals surface area (Å²) in [6, 6.07) is 0. The second kappa shape index (κ2) is 5.32. The lowest BCUT2D eigenvalue weighted by atomic mass is 9.52. The van der Waals surface area contributed by atoms with Gasteiger partial charge in [-0.3, -0.25) is 0 Å². The zero-order chi connectivity index (χ0) is 16.2. The van der Waals surface area contributed by atoms with Crippen molar-refractivity contribution in [3.63, 3.8) is 0 Å². The molecular formula is C21H30O2. The van der Waals surface area contributed by atoms with E-state index in [2.05, 4.69) is 26.0 Å². The topological polar surface area (TPSA) is 40.5 Å². The number of rotatable bonds is 1. The Kier molecular flexibility index (Phi) is 3.62. The zero-order valence-corrected chi connectivity index (χ0v) is 14.5. The molecule has 4 aliphatic carbocycles. The number of aliphatic hydroxyl groups is 2. The van der Waals surface area contributed by atoms with Crippen LogP contribution in [0.3, 0.4) is 0 Å². The van der Waals surface area contributed by atoms with E-state index in [4.69, 9.17) is 0 Å². The zero-order valence-electron chi connectivity index (χ0n) is 14.5. The Bertz CT molecular complexity index is 597. The van der Waals surface area contributed by atoms with Gasteiger partial charge in [-0.05, 0) is 74.7 Å². The summed E-state index contributed by atoms with van der Waals surface area (Å²) in [6.07, 6.45) is 15.3. The second-order valence-corrected chi connectivity index (χ2v) is 8.63. The van der Waals surface area contributed by atoms with Gasteiger partial charge in [0.05, 0.1) is 0 Å². The van der Waals surface area contributed by atoms with Crippen LogP contribution in [0.1, 0.15) is 65.2 Å². The number of hydrogen-bond donors (Lipinski definition) is 2. The number of aliphatic hydroxyl groups excluding tert-OH is 1. The van der Waals surface area contributed by atoms with Gasteiger partial charge in [0.1, 0.15) is 0 Å². The van der Waals surface area contributed by atoms with Crippen LogP contribution in [0.15, 0.2) is 34.9 Å². The van der Waals surface area contributed by atoms with Crippen molar-refractivity contribution in [1.29, 1.82) is 0 Å². The molecule has 0 aromatic carbocycles. The Morgan fingerprint density at radius 1 is 1.17 bits per heavy atom. The first-order chi connectivity index (χ1) is 10.9. The van der Waals surface area contributed by atoms with Crippen molar-refractivity contribution in [1.82, 2.24) is 0 Å². The smallest absolute Gasteiger partial charge is 0.171 e. The van der Waals surface area contributed by atoms with E-state index < -0.39 is 6.29 Å². The van der Waals surface area contributed by atoms with Gasteiger partial charge in [-0.1, -0.05) is 42.7 Å². The normalized spacial score (nSPS) is 44.5. The molecular weight excluding hydrogens is 284 g/mol. The van der Waals surface area contributed by atoms with Gasteiger partial charge in [-0.15, -0.1) is 0 Å². The van der Waals surface area contributed by atoms with E-state index in [0.717, 1.165) is 12.8 Å². The fraction of sp³-hybridized carbons (Fsp3) is 0.714. The van der Waals surface area contributed by atoms with Crippen molar-refractivity contribution in [2.45, 2.75) is 71.5 Å². The van der Waals surface area contributed by atoms with E-state index in [9.17, 15) is 10.2 Å². The fourth-order valence-electron chi connectivity index (χ4n) is 6.35. The lowest BCUT2D eigenvalue weighted by molar-refractivity contribution is 0.000426. The van der Waals surface area contributed by atoms with Gasteiger partial charge in [0.25, 0.3) is 0 Å². The van der Waals surface area contributed by atoms with Gasteiger partial charge in [0.2, 0.25) is 0 Å². The van der Waals surface area contributed by atoms with Crippen molar-refractivity contribution in [3.8, 4) is 0 Å². The first kappa shape index (κ1) is 15.7. The average Bonchev–Trinajstić information content (AvgIpc) is 2.83. The van der Waals surface area contributed by atoms with Gasteiger partial charge in [0.15, 0.2) is 6.29 Å². The Morgan fingerprint density at radius 3 is 2.78 bits per heavy atom. The molecule has 4 atom stereocenters. The van der Waals surface area contributed by atoms with Crippen molar-refractivity contribution in [3.05, 3.63) is 34.9 Å². The molecule has 2 heteroatoms. The van der Waals surface area contributed by atoms with Crippen LogP contribution in [-0.2, 0) is 0 Å². The molecule has 126 valence electrons. The predicted molar refractivity (Wildman–Crippen MR) is 92.6 cm³/mol. The molecule has 0 bridgehead atoms. The molecule has 0 saturated heterocycles. The molecule has 0 amide bonds. The van der Waals surface area contributed by atoms with Gasteiger partial charge in [-0.25, -0.2) is 0 Å². The van der Waals surface area contributed by atoms with E-state index in [-0.39, 0.29) is 5.41 Å². The SMILES string of the molecule is C[C@]12CCCC=C1CC[C@@H]1C2=CC[C@]2(C)C(=CC(O)O)CC[C@@H]12. The van der Waals surface area contributed by atoms with Crippen LogP contribution in [0.25, 0.3) is 0 Å². The van der Waals surface area contributed by atoms with E-state index >= 15 is 0 Å². The van der Waals surface area contributed by atoms with Crippen LogP contribution in [-0.4, -0.2) is 16.5 Å². The highest BCUT2D eigenvalue weighted by molar-refractivity contribution is 5.40. The van der Waals surface area contributed by atoms with Gasteiger partial charge in [-0.2, -0.15) is 0 Å². The Morgan fingerprint density at radius 2 is 2.00 bits per heavy atom. The van der Waals surface area contributed by atoms with Crippen LogP contribution in [0.2, 0.25) is 0 Å². The number of hydrogen-bond acceptors (Lipinski definition) is 2. The molecule has 23 heavy (non-hydrogen) atoms. The minimum absolute atomic E-state index is 0.143. The monoisotopic (exact) mass is 314 g/mol. The third kappa shape index (κ3) is 2.21. The fourth-order valence-corrected chi connectivity index (χ4v) is 6.35. The summed E-state index contributed by atoms with van der Waals surface area (Å²) in [4.78, 5) is 0. The van der Waals surface area contributed by atoms with Crippen LogP contribution in [0, 0.1) is 22.7 Å². The first-order valence-corrected chi connectivity index (χ1v) is 9.42. The first-order valence-electron chi connectivity index (χ1n) is 9.42. The second-order valence-electron chi connectivity index (χ2n) is 8.63. The molecule has 4 aliphatic rings. The van der Waals surface area contributed by atoms with E-state index in [1.807, 2.05) is 0 Å². The van der Waals surface area contributed by atoms with Crippen LogP contribution in [0.5, 0.6) is 0 Å². The molecule has 0 aromatic rings. The molecule has 0 aromatic heterocycles. The minimum atomic E-state index is -1.30. The summed E-state index contributed by atoms with van der Waals surface area (Å²) in [7, 11) is 0. The molecule has 2 N–H and O–H groups in total. The molecule has 4 rings (SSSR count). The summed E-state index contributed by atoms with van der Waals surface area (Å²) in [5, 5.41) is 18.8. The number of fused-ring (bicyclic) bond motifs is 5. The van der Waals surface area contributed by atoms with Crippen molar-refractivity contribution in [2.24, 2.45) is 22.7 Å². The molecule has 0 radical (unpaired) electrons. The highest BCUT2D eigenvalue weighted by Gasteiger charge is 2.53. The maximum Gasteiger partial charge on any atom is 0.171 e. The molecule has 2 nitrogen and oxygen atoms in total. The lowest BCUT2D eigenvalue weighted by Crippen LogP contribution is -2.42. The summed E-state index contributed by atoms with van der Waals surface area (Å²) in [5.74, 6) is 1.39. The lowest BCUT2D eigenvalue weighted by Gasteiger charge is -2.53. The largest absolute Gasteiger partial charge is 0.365 e. The number of allylic oxidation sites excluding steroid dienone is 5. The Labute approximate surface area is 140 Å². The summed E-state index contributed by atoms with van der Waals surface area (Å²) in [6.45, 7) is 4.85. The minimum Gasteiger partial charge on any atom is -0.365 e. The Hall–Kier alpha value is -0.860. The van der Waals surface area contributed by atoms with Crippen molar-refractivity contribution < 1.29 is 10.2 Å². The van der Waals surface area contributed by atoms with E-state index in [0.29, 0.717) is 17.3 Å². The van der Waals surface area contributed by atoms with Crippen molar-refractivity contribution in [2.75, 3.05) is 0 Å². The molecule has 0 unspecified atom stereocenters. The molecule has 2 saturated carbocycles. The molecule has 0 heterocycles. The standard InChI is InChI=1S/C21H30O2/c1-20-11-4-3-5-14(20)6-8-16-17-9-7-15(13-19(22)23)21(17,2)12-10-18(16)20/h5,10,13,16-17,19,22-23H,3-4,6-9,11-12H2,1-2H3/t16-,17-,20-,21+/m0/s1. The average molecular weight is 314 g/mol.